The number of carboxylic acids is 1. The Bertz CT molecular complexity index is 1460. The third-order valence-electron chi connectivity index (χ3n) is 8.03. The fraction of sp³-hybridized carbons (Fsp3) is 0.438. The van der Waals surface area contributed by atoms with Crippen molar-refractivity contribution in [1.29, 1.82) is 0 Å². The largest absolute Gasteiger partial charge is 0.496 e. The van der Waals surface area contributed by atoms with Crippen LogP contribution in [0.2, 0.25) is 0 Å². The third-order valence-corrected chi connectivity index (χ3v) is 8.03. The Labute approximate surface area is 257 Å². The quantitative estimate of drug-likeness (QED) is 0.458. The van der Waals surface area contributed by atoms with E-state index >= 15 is 0 Å². The molecule has 0 fully saturated rings. The van der Waals surface area contributed by atoms with Gasteiger partial charge < -0.3 is 14.6 Å². The molecule has 2 heterocycles. The average Bonchev–Trinajstić information content (AvgIpc) is 2.80. The zero-order chi connectivity index (χ0) is 28.4. The summed E-state index contributed by atoms with van der Waals surface area (Å²) in [6, 6.07) is 7.04. The van der Waals surface area contributed by atoms with Crippen LogP contribution in [-0.2, 0) is 14.3 Å². The number of rotatable bonds is 4. The number of hydrogen-bond donors (Lipinski definition) is 1. The molecular weight excluding hydrogens is 517 g/mol. The van der Waals surface area contributed by atoms with E-state index < -0.39 is 11.9 Å². The van der Waals surface area contributed by atoms with E-state index in [0.717, 1.165) is 22.3 Å². The molecule has 8 heteroatoms. The van der Waals surface area contributed by atoms with E-state index in [-0.39, 0.29) is 57.6 Å². The predicted octanol–water partition coefficient (Wildman–Crippen LogP) is 6.09. The van der Waals surface area contributed by atoms with E-state index in [1.165, 1.54) is 6.07 Å². The number of methoxy groups -OCH3 is 1. The smallest absolute Gasteiger partial charge is 0.354 e. The number of carbonyl (C=O) groups excluding carboxylic acids is 2. The average molecular weight is 553 g/mol. The molecule has 0 bridgehead atoms. The Balaban J connectivity index is 0.00000370. The minimum absolute atomic E-state index is 0. The minimum Gasteiger partial charge on any atom is -0.496 e. The number of pyridine rings is 1. The molecule has 205 valence electrons. The molecule has 0 unspecified atom stereocenters. The van der Waals surface area contributed by atoms with E-state index in [9.17, 15) is 19.5 Å². The SMILES string of the molecule is COc1ccc(-c2cc(C)cc(C(=O)O)n2)c(C)c1C1C2=C(CC(C)(C)CC2=O)OC2=C1C(=O)CC(C)(C)C2.[Na]. The first kappa shape index (κ1) is 30.2. The van der Waals surface area contributed by atoms with Gasteiger partial charge in [0.1, 0.15) is 23.0 Å². The van der Waals surface area contributed by atoms with Gasteiger partial charge in [-0.25, -0.2) is 9.78 Å². The maximum absolute atomic E-state index is 13.8. The zero-order valence-corrected chi connectivity index (χ0v) is 26.7. The van der Waals surface area contributed by atoms with Crippen molar-refractivity contribution < 1.29 is 29.0 Å². The molecule has 0 saturated carbocycles. The maximum atomic E-state index is 13.8. The second-order valence-corrected chi connectivity index (χ2v) is 12.7. The number of aryl methyl sites for hydroxylation is 1. The van der Waals surface area contributed by atoms with Gasteiger partial charge in [-0.2, -0.15) is 0 Å². The Hall–Kier alpha value is -2.74. The number of benzene rings is 1. The third kappa shape index (κ3) is 5.31. The monoisotopic (exact) mass is 552 g/mol. The summed E-state index contributed by atoms with van der Waals surface area (Å²) in [6.45, 7) is 12.0. The molecule has 40 heavy (non-hydrogen) atoms. The van der Waals surface area contributed by atoms with Crippen LogP contribution in [0, 0.1) is 24.7 Å². The summed E-state index contributed by atoms with van der Waals surface area (Å²) in [5, 5.41) is 9.61. The molecule has 2 aliphatic carbocycles. The molecule has 1 aromatic carbocycles. The van der Waals surface area contributed by atoms with E-state index in [1.807, 2.05) is 32.0 Å². The fourth-order valence-corrected chi connectivity index (χ4v) is 6.40. The number of ketones is 2. The molecule has 5 rings (SSSR count). The standard InChI is InChI=1S/C32H35NO6.Na/c1-16-10-19(33-20(11-16)30(36)37)18-8-9-23(38-7)26(17(18)2)29-27-21(34)12-31(3,4)14-24(27)39-25-15-32(5,6)13-22(35)28(25)29;/h8-11,29H,12-15H2,1-7H3,(H,36,37);. The number of allylic oxidation sites excluding steroid dienone is 4. The summed E-state index contributed by atoms with van der Waals surface area (Å²) in [6.07, 6.45) is 1.91. The number of ether oxygens (including phenoxy) is 2. The van der Waals surface area contributed by atoms with E-state index in [0.29, 0.717) is 59.8 Å². The van der Waals surface area contributed by atoms with Crippen LogP contribution in [0.4, 0.5) is 0 Å². The van der Waals surface area contributed by atoms with E-state index in [2.05, 4.69) is 32.7 Å². The van der Waals surface area contributed by atoms with Crippen molar-refractivity contribution in [1.82, 2.24) is 4.98 Å². The number of hydrogen-bond acceptors (Lipinski definition) is 6. The van der Waals surface area contributed by atoms with Gasteiger partial charge in [0.25, 0.3) is 0 Å². The molecular formula is C32H35NNaO6. The van der Waals surface area contributed by atoms with Crippen LogP contribution >= 0.6 is 0 Å². The van der Waals surface area contributed by atoms with Crippen LogP contribution in [0.3, 0.4) is 0 Å². The topological polar surface area (TPSA) is 103 Å². The zero-order valence-electron chi connectivity index (χ0n) is 24.7. The van der Waals surface area contributed by atoms with Gasteiger partial charge in [0.2, 0.25) is 0 Å². The van der Waals surface area contributed by atoms with Crippen LogP contribution in [0.15, 0.2) is 46.9 Å². The van der Waals surface area contributed by atoms with Crippen molar-refractivity contribution in [2.75, 3.05) is 7.11 Å². The molecule has 0 saturated heterocycles. The van der Waals surface area contributed by atoms with Gasteiger partial charge in [-0.3, -0.25) is 9.59 Å². The summed E-state index contributed by atoms with van der Waals surface area (Å²) < 4.78 is 12.3. The number of carboxylic acid groups (broad SMARTS) is 1. The van der Waals surface area contributed by atoms with Gasteiger partial charge >= 0.3 is 5.97 Å². The normalized spacial score (nSPS) is 19.9. The Kier molecular flexibility index (Phi) is 8.00. The number of aromatic carboxylic acids is 1. The molecule has 7 nitrogen and oxygen atoms in total. The summed E-state index contributed by atoms with van der Waals surface area (Å²) in [5.74, 6) is 0.0516. The van der Waals surface area contributed by atoms with Crippen molar-refractivity contribution in [2.45, 2.75) is 73.1 Å². The molecule has 0 amide bonds. The fourth-order valence-electron chi connectivity index (χ4n) is 6.40. The number of aromatic nitrogens is 1. The number of carbonyl (C=O) groups is 3. The summed E-state index contributed by atoms with van der Waals surface area (Å²) in [4.78, 5) is 43.7. The van der Waals surface area contributed by atoms with Gasteiger partial charge in [0.15, 0.2) is 11.6 Å². The molecule has 2 aromatic rings. The number of nitrogens with zero attached hydrogens (tertiary/aromatic N) is 1. The van der Waals surface area contributed by atoms with Crippen molar-refractivity contribution in [3.63, 3.8) is 0 Å². The molecule has 3 aliphatic rings. The van der Waals surface area contributed by atoms with Gasteiger partial charge in [-0.05, 0) is 60.1 Å². The van der Waals surface area contributed by atoms with Crippen molar-refractivity contribution in [2.24, 2.45) is 10.8 Å². The maximum Gasteiger partial charge on any atom is 0.354 e. The first-order valence-electron chi connectivity index (χ1n) is 13.3. The second-order valence-electron chi connectivity index (χ2n) is 12.7. The van der Waals surface area contributed by atoms with Gasteiger partial charge in [-0.15, -0.1) is 0 Å². The van der Waals surface area contributed by atoms with Gasteiger partial charge in [0, 0.05) is 77.5 Å². The van der Waals surface area contributed by atoms with E-state index in [1.54, 1.807) is 7.11 Å². The van der Waals surface area contributed by atoms with Crippen LogP contribution in [0.5, 0.6) is 5.75 Å². The van der Waals surface area contributed by atoms with Crippen LogP contribution < -0.4 is 4.74 Å². The Morgan fingerprint density at radius 2 is 1.50 bits per heavy atom. The first-order valence-corrected chi connectivity index (χ1v) is 13.3. The predicted molar refractivity (Wildman–Crippen MR) is 152 cm³/mol. The molecule has 1 aliphatic heterocycles. The molecule has 0 spiro atoms. The van der Waals surface area contributed by atoms with Gasteiger partial charge in [-0.1, -0.05) is 27.7 Å². The van der Waals surface area contributed by atoms with Crippen LogP contribution in [0.25, 0.3) is 11.3 Å². The van der Waals surface area contributed by atoms with Crippen LogP contribution in [0.1, 0.15) is 86.5 Å². The minimum atomic E-state index is -1.11. The van der Waals surface area contributed by atoms with Crippen molar-refractivity contribution >= 4 is 47.1 Å². The van der Waals surface area contributed by atoms with Crippen LogP contribution in [-0.4, -0.2) is 64.3 Å². The van der Waals surface area contributed by atoms with Crippen molar-refractivity contribution in [3.8, 4) is 17.0 Å². The molecule has 0 atom stereocenters. The van der Waals surface area contributed by atoms with Gasteiger partial charge in [0.05, 0.1) is 18.7 Å². The number of Topliss-reactive ketones (excluding diaryl/α,β-unsaturated/α-hetero) is 2. The molecule has 1 radical (unpaired) electrons. The second kappa shape index (κ2) is 10.6. The first-order chi connectivity index (χ1) is 18.2. The summed E-state index contributed by atoms with van der Waals surface area (Å²) >= 11 is 0. The van der Waals surface area contributed by atoms with Crippen molar-refractivity contribution in [3.05, 3.63) is 69.3 Å². The molecule has 1 aromatic heterocycles. The summed E-state index contributed by atoms with van der Waals surface area (Å²) in [5.41, 5.74) is 4.01. The van der Waals surface area contributed by atoms with E-state index in [4.69, 9.17) is 9.47 Å². The molecule has 1 N–H and O–H groups in total. The summed E-state index contributed by atoms with van der Waals surface area (Å²) in [7, 11) is 1.58. The Morgan fingerprint density at radius 1 is 0.950 bits per heavy atom. The Morgan fingerprint density at radius 3 is 2.00 bits per heavy atom.